The Hall–Kier alpha value is -1.81. The van der Waals surface area contributed by atoms with E-state index >= 15 is 0 Å². The van der Waals surface area contributed by atoms with Crippen molar-refractivity contribution in [3.05, 3.63) is 30.6 Å². The summed E-state index contributed by atoms with van der Waals surface area (Å²) in [5.41, 5.74) is 8.39. The van der Waals surface area contributed by atoms with E-state index in [-0.39, 0.29) is 0 Å². The van der Waals surface area contributed by atoms with Gasteiger partial charge in [-0.1, -0.05) is 6.07 Å². The van der Waals surface area contributed by atoms with Crippen LogP contribution in [0.3, 0.4) is 0 Å². The summed E-state index contributed by atoms with van der Waals surface area (Å²) < 4.78 is 0. The zero-order chi connectivity index (χ0) is 13.4. The molecule has 2 heterocycles. The molecule has 2 N–H and O–H groups in total. The molecule has 0 bridgehead atoms. The Labute approximate surface area is 113 Å². The van der Waals surface area contributed by atoms with Crippen LogP contribution >= 0.6 is 0 Å². The lowest BCUT2D eigenvalue weighted by molar-refractivity contribution is 0.276. The van der Waals surface area contributed by atoms with Crippen LogP contribution in [-0.2, 0) is 0 Å². The molecule has 0 amide bonds. The summed E-state index contributed by atoms with van der Waals surface area (Å²) in [7, 11) is 2.17. The summed E-state index contributed by atoms with van der Waals surface area (Å²) in [6.45, 7) is 5.44. The van der Waals surface area contributed by atoms with E-state index in [1.54, 1.807) is 6.20 Å². The molecule has 100 valence electrons. The standard InChI is InChI=1S/C15H20N4/c1-11-10-18(2)7-8-19(11)14-4-3-12-9-17-6-5-13(12)15(14)16/h3-6,9,11H,7-8,10,16H2,1-2H3. The first kappa shape index (κ1) is 12.2. The van der Waals surface area contributed by atoms with Crippen LogP contribution in [0.25, 0.3) is 10.8 Å². The number of nitrogen functional groups attached to an aromatic ring is 1. The van der Waals surface area contributed by atoms with Crippen molar-refractivity contribution in [1.29, 1.82) is 0 Å². The summed E-state index contributed by atoms with van der Waals surface area (Å²) in [5, 5.41) is 2.20. The highest BCUT2D eigenvalue weighted by Crippen LogP contribution is 2.32. The Bertz CT molecular complexity index is 596. The lowest BCUT2D eigenvalue weighted by Gasteiger charge is -2.40. The maximum atomic E-state index is 6.36. The molecule has 2 aromatic rings. The molecule has 4 nitrogen and oxygen atoms in total. The molecule has 1 unspecified atom stereocenters. The van der Waals surface area contributed by atoms with Gasteiger partial charge in [-0.3, -0.25) is 4.98 Å². The Morgan fingerprint density at radius 1 is 1.26 bits per heavy atom. The van der Waals surface area contributed by atoms with Gasteiger partial charge >= 0.3 is 0 Å². The second kappa shape index (κ2) is 4.70. The third-order valence-electron chi connectivity index (χ3n) is 3.98. The van der Waals surface area contributed by atoms with Crippen LogP contribution in [0.2, 0.25) is 0 Å². The van der Waals surface area contributed by atoms with Crippen LogP contribution in [-0.4, -0.2) is 42.6 Å². The van der Waals surface area contributed by atoms with Gasteiger partial charge in [0.25, 0.3) is 0 Å². The fourth-order valence-electron chi connectivity index (χ4n) is 2.93. The van der Waals surface area contributed by atoms with Crippen LogP contribution in [0.1, 0.15) is 6.92 Å². The monoisotopic (exact) mass is 256 g/mol. The van der Waals surface area contributed by atoms with Crippen molar-refractivity contribution >= 4 is 22.1 Å². The van der Waals surface area contributed by atoms with Crippen molar-refractivity contribution in [2.24, 2.45) is 0 Å². The molecule has 3 rings (SSSR count). The average molecular weight is 256 g/mol. The van der Waals surface area contributed by atoms with Crippen LogP contribution in [0.4, 0.5) is 11.4 Å². The predicted molar refractivity (Wildman–Crippen MR) is 80.5 cm³/mol. The molecule has 0 aliphatic carbocycles. The number of pyridine rings is 1. The zero-order valence-electron chi connectivity index (χ0n) is 11.5. The van der Waals surface area contributed by atoms with E-state index in [2.05, 4.69) is 40.9 Å². The van der Waals surface area contributed by atoms with E-state index in [1.807, 2.05) is 12.3 Å². The quantitative estimate of drug-likeness (QED) is 0.792. The van der Waals surface area contributed by atoms with Crippen molar-refractivity contribution in [2.45, 2.75) is 13.0 Å². The predicted octanol–water partition coefficient (Wildman–Crippen LogP) is 1.96. The first-order valence-corrected chi connectivity index (χ1v) is 6.74. The van der Waals surface area contributed by atoms with Crippen LogP contribution in [0, 0.1) is 0 Å². The van der Waals surface area contributed by atoms with Crippen molar-refractivity contribution in [3.8, 4) is 0 Å². The number of fused-ring (bicyclic) bond motifs is 1. The van der Waals surface area contributed by atoms with Crippen molar-refractivity contribution in [3.63, 3.8) is 0 Å². The highest BCUT2D eigenvalue weighted by Gasteiger charge is 2.23. The van der Waals surface area contributed by atoms with Gasteiger partial charge in [-0.15, -0.1) is 0 Å². The van der Waals surface area contributed by atoms with Gasteiger partial charge in [0.2, 0.25) is 0 Å². The van der Waals surface area contributed by atoms with E-state index in [0.717, 1.165) is 41.8 Å². The van der Waals surface area contributed by atoms with Crippen molar-refractivity contribution < 1.29 is 0 Å². The third kappa shape index (κ3) is 2.12. The summed E-state index contributed by atoms with van der Waals surface area (Å²) in [5.74, 6) is 0. The van der Waals surface area contributed by atoms with Gasteiger partial charge in [-0.25, -0.2) is 0 Å². The topological polar surface area (TPSA) is 45.4 Å². The summed E-state index contributed by atoms with van der Waals surface area (Å²) in [4.78, 5) is 8.92. The third-order valence-corrected chi connectivity index (χ3v) is 3.98. The Kier molecular flexibility index (Phi) is 3.03. The number of piperazine rings is 1. The van der Waals surface area contributed by atoms with Crippen molar-refractivity contribution in [1.82, 2.24) is 9.88 Å². The fourth-order valence-corrected chi connectivity index (χ4v) is 2.93. The minimum atomic E-state index is 0.486. The number of anilines is 2. The van der Waals surface area contributed by atoms with Crippen LogP contribution in [0.15, 0.2) is 30.6 Å². The summed E-state index contributed by atoms with van der Waals surface area (Å²) >= 11 is 0. The Morgan fingerprint density at radius 2 is 2.11 bits per heavy atom. The van der Waals surface area contributed by atoms with Gasteiger partial charge < -0.3 is 15.5 Å². The molecule has 1 aromatic heterocycles. The van der Waals surface area contributed by atoms with E-state index in [9.17, 15) is 0 Å². The minimum Gasteiger partial charge on any atom is -0.397 e. The molecular formula is C15H20N4. The average Bonchev–Trinajstić information content (AvgIpc) is 2.41. The number of nitrogens with two attached hydrogens (primary N) is 1. The largest absolute Gasteiger partial charge is 0.397 e. The second-order valence-corrected chi connectivity index (χ2v) is 5.40. The molecule has 1 saturated heterocycles. The molecule has 1 aromatic carbocycles. The maximum absolute atomic E-state index is 6.36. The van der Waals surface area contributed by atoms with Gasteiger partial charge in [-0.2, -0.15) is 0 Å². The fraction of sp³-hybridized carbons (Fsp3) is 0.400. The highest BCUT2D eigenvalue weighted by molar-refractivity contribution is 5.98. The first-order valence-electron chi connectivity index (χ1n) is 6.74. The van der Waals surface area contributed by atoms with Gasteiger partial charge in [-0.05, 0) is 26.1 Å². The first-order chi connectivity index (χ1) is 9.16. The lowest BCUT2D eigenvalue weighted by atomic mass is 10.1. The van der Waals surface area contributed by atoms with Crippen molar-refractivity contribution in [2.75, 3.05) is 37.3 Å². The van der Waals surface area contributed by atoms with Crippen LogP contribution < -0.4 is 10.6 Å². The number of nitrogens with zero attached hydrogens (tertiary/aromatic N) is 3. The SMILES string of the molecule is CC1CN(C)CCN1c1ccc2cnccc2c1N. The Morgan fingerprint density at radius 3 is 2.89 bits per heavy atom. The molecule has 1 aliphatic rings. The second-order valence-electron chi connectivity index (χ2n) is 5.40. The van der Waals surface area contributed by atoms with Gasteiger partial charge in [0.05, 0.1) is 11.4 Å². The minimum absolute atomic E-state index is 0.486. The normalized spacial score (nSPS) is 20.9. The molecule has 4 heteroatoms. The lowest BCUT2D eigenvalue weighted by Crippen LogP contribution is -2.50. The number of likely N-dealkylation sites (N-methyl/N-ethyl adjacent to an activating group) is 1. The molecule has 1 fully saturated rings. The maximum Gasteiger partial charge on any atom is 0.0632 e. The molecular weight excluding hydrogens is 236 g/mol. The highest BCUT2D eigenvalue weighted by atomic mass is 15.3. The molecule has 0 saturated carbocycles. The molecule has 1 aliphatic heterocycles. The number of hydrogen-bond acceptors (Lipinski definition) is 4. The van der Waals surface area contributed by atoms with Gasteiger partial charge in [0.15, 0.2) is 0 Å². The van der Waals surface area contributed by atoms with Gasteiger partial charge in [0.1, 0.15) is 0 Å². The zero-order valence-corrected chi connectivity index (χ0v) is 11.5. The van der Waals surface area contributed by atoms with Crippen LogP contribution in [0.5, 0.6) is 0 Å². The van der Waals surface area contributed by atoms with E-state index in [4.69, 9.17) is 5.73 Å². The number of rotatable bonds is 1. The molecule has 19 heavy (non-hydrogen) atoms. The number of hydrogen-bond donors (Lipinski definition) is 1. The van der Waals surface area contributed by atoms with E-state index < -0.39 is 0 Å². The smallest absolute Gasteiger partial charge is 0.0632 e. The number of benzene rings is 1. The Balaban J connectivity index is 2.03. The number of aromatic nitrogens is 1. The van der Waals surface area contributed by atoms with Gasteiger partial charge in [0, 0.05) is 48.8 Å². The molecule has 0 spiro atoms. The molecule has 0 radical (unpaired) electrons. The molecule has 1 atom stereocenters. The summed E-state index contributed by atoms with van der Waals surface area (Å²) in [6.07, 6.45) is 3.67. The van der Waals surface area contributed by atoms with E-state index in [1.165, 1.54) is 0 Å². The van der Waals surface area contributed by atoms with E-state index in [0.29, 0.717) is 6.04 Å². The summed E-state index contributed by atoms with van der Waals surface area (Å²) in [6, 6.07) is 6.72.